The van der Waals surface area contributed by atoms with Gasteiger partial charge in [0.25, 0.3) is 0 Å². The maximum atomic E-state index is 4.25. The zero-order valence-electron chi connectivity index (χ0n) is 9.36. The summed E-state index contributed by atoms with van der Waals surface area (Å²) in [4.78, 5) is 8.62. The molecule has 3 rings (SSSR count). The Morgan fingerprint density at radius 1 is 0.706 bits per heavy atom. The number of nitrogens with zero attached hydrogens (tertiary/aromatic N) is 1. The Hall–Kier alpha value is -1.63. The molecule has 3 aromatic rings. The van der Waals surface area contributed by atoms with E-state index in [1.807, 2.05) is 42.6 Å². The molecule has 0 unspecified atom stereocenters. The van der Waals surface area contributed by atoms with Crippen molar-refractivity contribution < 1.29 is 0 Å². The third-order valence-corrected chi connectivity index (χ3v) is 3.48. The fraction of sp³-hybridized carbons (Fsp3) is 0. The van der Waals surface area contributed by atoms with Gasteiger partial charge in [-0.3, -0.25) is 4.98 Å². The van der Waals surface area contributed by atoms with Crippen LogP contribution in [0.1, 0.15) is 0 Å². The number of rotatable bonds is 1. The monoisotopic (exact) mass is 287 g/mol. The van der Waals surface area contributed by atoms with Crippen LogP contribution in [0, 0.1) is 0 Å². The summed E-state index contributed by atoms with van der Waals surface area (Å²) in [6.45, 7) is 0. The van der Waals surface area contributed by atoms with Crippen LogP contribution in [-0.2, 0) is 0 Å². The van der Waals surface area contributed by atoms with Crippen molar-refractivity contribution in [3.63, 3.8) is 0 Å². The Labute approximate surface area is 108 Å². The zero-order chi connectivity index (χ0) is 11.8. The molecular formula is C15H13NSe. The Kier molecular flexibility index (Phi) is 4.77. The van der Waals surface area contributed by atoms with Crippen molar-refractivity contribution in [1.29, 1.82) is 0 Å². The van der Waals surface area contributed by atoms with E-state index in [0.717, 1.165) is 11.3 Å². The van der Waals surface area contributed by atoms with Crippen LogP contribution in [0.4, 0.5) is 0 Å². The maximum absolute atomic E-state index is 4.25. The molecule has 0 bridgehead atoms. The molecule has 0 N–H and O–H groups in total. The molecular weight excluding hydrogens is 273 g/mol. The van der Waals surface area contributed by atoms with Gasteiger partial charge in [0.05, 0.1) is 5.69 Å². The number of hydrogen-bond acceptors (Lipinski definition) is 1. The summed E-state index contributed by atoms with van der Waals surface area (Å²) in [6.07, 6.45) is 1.81. The molecule has 2 aromatic heterocycles. The molecule has 0 aliphatic rings. The molecule has 0 radical (unpaired) electrons. The topological polar surface area (TPSA) is 12.9 Å². The van der Waals surface area contributed by atoms with Crippen molar-refractivity contribution in [2.24, 2.45) is 0 Å². The van der Waals surface area contributed by atoms with E-state index in [-0.39, 0.29) is 0 Å². The van der Waals surface area contributed by atoms with Gasteiger partial charge in [0.15, 0.2) is 0 Å². The van der Waals surface area contributed by atoms with E-state index >= 15 is 0 Å². The first-order chi connectivity index (χ1) is 8.47. The summed E-state index contributed by atoms with van der Waals surface area (Å²) < 4.78 is 0. The number of pyridine rings is 1. The van der Waals surface area contributed by atoms with Gasteiger partial charge in [0.1, 0.15) is 0 Å². The third kappa shape index (κ3) is 4.03. The molecule has 0 spiro atoms. The van der Waals surface area contributed by atoms with Crippen LogP contribution in [0.15, 0.2) is 76.7 Å². The van der Waals surface area contributed by atoms with Crippen molar-refractivity contribution in [2.75, 3.05) is 0 Å². The molecule has 0 aliphatic heterocycles. The molecule has 0 amide bonds. The van der Waals surface area contributed by atoms with Gasteiger partial charge in [-0.1, -0.05) is 36.4 Å². The number of hydrogen-bond donors (Lipinski definition) is 0. The average Bonchev–Trinajstić information content (AvgIpc) is 3.00. The number of aromatic nitrogens is 1. The Balaban J connectivity index is 0.000000181. The van der Waals surface area contributed by atoms with Gasteiger partial charge in [-0.2, -0.15) is 0 Å². The predicted molar refractivity (Wildman–Crippen MR) is 73.1 cm³/mol. The van der Waals surface area contributed by atoms with Crippen molar-refractivity contribution >= 4 is 14.5 Å². The van der Waals surface area contributed by atoms with Crippen molar-refractivity contribution in [3.8, 4) is 11.3 Å². The van der Waals surface area contributed by atoms with E-state index in [0.29, 0.717) is 14.5 Å². The normalized spacial score (nSPS) is 9.18. The average molecular weight is 286 g/mol. The predicted octanol–water partition coefficient (Wildman–Crippen LogP) is 3.49. The fourth-order valence-corrected chi connectivity index (χ4v) is 2.32. The van der Waals surface area contributed by atoms with Crippen LogP contribution < -0.4 is 0 Å². The van der Waals surface area contributed by atoms with Gasteiger partial charge >= 0.3 is 36.5 Å². The summed E-state index contributed by atoms with van der Waals surface area (Å²) >= 11 is 0.708. The van der Waals surface area contributed by atoms with Crippen molar-refractivity contribution in [2.45, 2.75) is 0 Å². The molecule has 84 valence electrons. The van der Waals surface area contributed by atoms with E-state index in [9.17, 15) is 0 Å². The first-order valence-electron chi connectivity index (χ1n) is 5.40. The zero-order valence-corrected chi connectivity index (χ0v) is 11.1. The Bertz CT molecular complexity index is 448. The molecule has 1 aromatic carbocycles. The minimum Gasteiger partial charge on any atom is -0.256 e. The van der Waals surface area contributed by atoms with Gasteiger partial charge in [0.2, 0.25) is 0 Å². The van der Waals surface area contributed by atoms with Gasteiger partial charge < -0.3 is 0 Å². The smallest absolute Gasteiger partial charge is 0.0701 e. The minimum atomic E-state index is 0.708. The van der Waals surface area contributed by atoms with E-state index in [4.69, 9.17) is 0 Å². The Morgan fingerprint density at radius 2 is 1.41 bits per heavy atom. The summed E-state index contributed by atoms with van der Waals surface area (Å²) in [6, 6.07) is 20.3. The van der Waals surface area contributed by atoms with Gasteiger partial charge in [-0.25, -0.2) is 0 Å². The molecule has 0 atom stereocenters. The summed E-state index contributed by atoms with van der Waals surface area (Å²) in [7, 11) is 0. The van der Waals surface area contributed by atoms with Crippen LogP contribution in [-0.4, -0.2) is 19.5 Å². The fourth-order valence-electron chi connectivity index (χ4n) is 1.37. The van der Waals surface area contributed by atoms with Crippen molar-refractivity contribution in [1.82, 2.24) is 4.98 Å². The quantitative estimate of drug-likeness (QED) is 0.624. The third-order valence-electron chi connectivity index (χ3n) is 2.16. The number of benzene rings is 1. The molecule has 2 heterocycles. The minimum absolute atomic E-state index is 0.708. The second-order valence-electron chi connectivity index (χ2n) is 3.37. The first-order valence-corrected chi connectivity index (χ1v) is 7.38. The van der Waals surface area contributed by atoms with Crippen LogP contribution in [0.5, 0.6) is 0 Å². The Morgan fingerprint density at radius 3 is 1.94 bits per heavy atom. The van der Waals surface area contributed by atoms with Gasteiger partial charge in [-0.05, 0) is 12.1 Å². The van der Waals surface area contributed by atoms with E-state index in [1.54, 1.807) is 0 Å². The summed E-state index contributed by atoms with van der Waals surface area (Å²) in [5, 5.41) is 0. The molecule has 0 saturated carbocycles. The second kappa shape index (κ2) is 6.85. The standard InChI is InChI=1S/C11H9N.C4H4Se/c1-2-6-10(7-3-1)11-8-4-5-9-12-11;1-2-4-5-3-1/h1-9H;1-4H. The summed E-state index contributed by atoms with van der Waals surface area (Å²) in [5.41, 5.74) is 2.19. The van der Waals surface area contributed by atoms with Gasteiger partial charge in [-0.15, -0.1) is 0 Å². The maximum Gasteiger partial charge on any atom is 0.0701 e. The summed E-state index contributed by atoms with van der Waals surface area (Å²) in [5.74, 6) is 0. The molecule has 17 heavy (non-hydrogen) atoms. The van der Waals surface area contributed by atoms with Crippen LogP contribution in [0.3, 0.4) is 0 Å². The van der Waals surface area contributed by atoms with Crippen LogP contribution in [0.25, 0.3) is 11.3 Å². The van der Waals surface area contributed by atoms with E-state index in [1.165, 1.54) is 0 Å². The molecule has 2 heteroatoms. The molecule has 1 nitrogen and oxygen atoms in total. The van der Waals surface area contributed by atoms with Crippen molar-refractivity contribution in [3.05, 3.63) is 76.7 Å². The van der Waals surface area contributed by atoms with Crippen LogP contribution >= 0.6 is 0 Å². The second-order valence-corrected chi connectivity index (χ2v) is 5.09. The van der Waals surface area contributed by atoms with E-state index in [2.05, 4.69) is 39.1 Å². The first kappa shape index (κ1) is 11.8. The molecule has 0 fully saturated rings. The largest absolute Gasteiger partial charge is 0.256 e. The van der Waals surface area contributed by atoms with Crippen LogP contribution in [0.2, 0.25) is 0 Å². The van der Waals surface area contributed by atoms with E-state index < -0.39 is 0 Å². The molecule has 0 aliphatic carbocycles. The molecule has 0 saturated heterocycles. The SMILES string of the molecule is c1cc[se]c1.c1ccc(-c2ccccn2)cc1. The van der Waals surface area contributed by atoms with Gasteiger partial charge in [0, 0.05) is 11.8 Å².